The van der Waals surface area contributed by atoms with Crippen LogP contribution in [0.15, 0.2) is 229 Å². The summed E-state index contributed by atoms with van der Waals surface area (Å²) in [6.45, 7) is 2.19. The van der Waals surface area contributed by atoms with Gasteiger partial charge in [0.15, 0.2) is 0 Å². The maximum absolute atomic E-state index is 5.75. The lowest BCUT2D eigenvalue weighted by Gasteiger charge is -2.17. The molecule has 2 nitrogen and oxygen atoms in total. The van der Waals surface area contributed by atoms with E-state index in [-0.39, 0.29) is 0 Å². The number of hydrogen-bond donors (Lipinski definition) is 1. The minimum Gasteiger partial charge on any atom is -0.399 e. The number of fused-ring (bicyclic) bond motifs is 8. The first kappa shape index (κ1) is 41.6. The van der Waals surface area contributed by atoms with Crippen LogP contribution in [0.3, 0.4) is 0 Å². The van der Waals surface area contributed by atoms with Gasteiger partial charge in [-0.15, -0.1) is 0 Å². The van der Waals surface area contributed by atoms with Gasteiger partial charge in [-0.2, -0.15) is 0 Å². The van der Waals surface area contributed by atoms with Crippen molar-refractivity contribution >= 4 is 49.8 Å². The molecule has 0 radical (unpaired) electrons. The summed E-state index contributed by atoms with van der Waals surface area (Å²) in [6, 6.07) is 56.3. The largest absolute Gasteiger partial charge is 0.399 e. The smallest absolute Gasteiger partial charge is 0.0622 e. The van der Waals surface area contributed by atoms with Crippen molar-refractivity contribution in [2.24, 2.45) is 0 Å². The molecule has 0 aliphatic heterocycles. The van der Waals surface area contributed by atoms with Gasteiger partial charge in [0.05, 0.1) is 5.52 Å². The maximum Gasteiger partial charge on any atom is 0.0622 e. The molecule has 0 amide bonds. The summed E-state index contributed by atoms with van der Waals surface area (Å²) in [5.41, 5.74) is 22.6. The summed E-state index contributed by atoms with van der Waals surface area (Å²) >= 11 is 0. The zero-order valence-electron chi connectivity index (χ0n) is 37.3. The lowest BCUT2D eigenvalue weighted by Crippen LogP contribution is -2.03. The number of hydrogen-bond acceptors (Lipinski definition) is 1. The van der Waals surface area contributed by atoms with Crippen molar-refractivity contribution < 1.29 is 0 Å². The van der Waals surface area contributed by atoms with Crippen LogP contribution < -0.4 is 5.73 Å². The van der Waals surface area contributed by atoms with Gasteiger partial charge in [-0.25, -0.2) is 0 Å². The molecular weight excluding hydrogens is 785 g/mol. The Morgan fingerprint density at radius 3 is 1.80 bits per heavy atom. The minimum absolute atomic E-state index is 0.481. The van der Waals surface area contributed by atoms with Gasteiger partial charge in [0.2, 0.25) is 0 Å². The molecule has 1 heterocycles. The van der Waals surface area contributed by atoms with Gasteiger partial charge < -0.3 is 10.3 Å². The molecule has 1 atom stereocenters. The molecular formula is C63H56N2. The molecule has 0 saturated heterocycles. The molecule has 2 N–H and O–H groups in total. The first-order valence-electron chi connectivity index (χ1n) is 23.4. The summed E-state index contributed by atoms with van der Waals surface area (Å²) in [5, 5.41) is 6.69. The average Bonchev–Trinajstić information content (AvgIpc) is 3.74. The van der Waals surface area contributed by atoms with E-state index in [0.29, 0.717) is 5.92 Å². The molecule has 2 heteroatoms. The Morgan fingerprint density at radius 1 is 0.508 bits per heavy atom. The predicted octanol–water partition coefficient (Wildman–Crippen LogP) is 16.9. The predicted molar refractivity (Wildman–Crippen MR) is 280 cm³/mol. The molecule has 318 valence electrons. The summed E-state index contributed by atoms with van der Waals surface area (Å²) in [7, 11) is 0. The van der Waals surface area contributed by atoms with E-state index in [4.69, 9.17) is 5.73 Å². The minimum atomic E-state index is 0.481. The highest BCUT2D eigenvalue weighted by Gasteiger charge is 2.23. The average molecular weight is 841 g/mol. The van der Waals surface area contributed by atoms with Crippen LogP contribution in [0.25, 0.3) is 60.9 Å². The van der Waals surface area contributed by atoms with E-state index in [9.17, 15) is 0 Å². The van der Waals surface area contributed by atoms with Crippen LogP contribution in [0, 0.1) is 0 Å². The van der Waals surface area contributed by atoms with E-state index in [1.165, 1.54) is 107 Å². The Kier molecular flexibility index (Phi) is 12.2. The Balaban J connectivity index is 0.000000164. The zero-order valence-corrected chi connectivity index (χ0v) is 37.3. The molecule has 4 aliphatic rings. The fourth-order valence-electron chi connectivity index (χ4n) is 10.0. The SMILES string of the molecule is CC1=CC(c2ccc(-c3ccc(-n4c5c(c6c7ccccc7c7ccccc7c64)C=CCC5)cc3)cc2)CC=C1.Nc1ccc(C2=CCCC(C3=CCCC=C3)=C2)cc1.c1ccccc1. The third kappa shape index (κ3) is 8.90. The first-order chi connectivity index (χ1) is 32.1. The second-order valence-electron chi connectivity index (χ2n) is 17.6. The van der Waals surface area contributed by atoms with Gasteiger partial charge in [0, 0.05) is 39.3 Å². The molecule has 65 heavy (non-hydrogen) atoms. The number of rotatable bonds is 5. The highest BCUT2D eigenvalue weighted by molar-refractivity contribution is 6.27. The van der Waals surface area contributed by atoms with Crippen molar-refractivity contribution in [1.82, 2.24) is 4.57 Å². The van der Waals surface area contributed by atoms with Crippen molar-refractivity contribution in [3.63, 3.8) is 0 Å². The third-order valence-corrected chi connectivity index (χ3v) is 13.2. The van der Waals surface area contributed by atoms with Crippen LogP contribution in [-0.2, 0) is 6.42 Å². The highest BCUT2D eigenvalue weighted by atomic mass is 15.0. The summed E-state index contributed by atoms with van der Waals surface area (Å²) < 4.78 is 2.54. The van der Waals surface area contributed by atoms with Crippen LogP contribution >= 0.6 is 0 Å². The van der Waals surface area contributed by atoms with Crippen molar-refractivity contribution in [3.05, 3.63) is 252 Å². The van der Waals surface area contributed by atoms with Crippen LogP contribution in [0.5, 0.6) is 0 Å². The highest BCUT2D eigenvalue weighted by Crippen LogP contribution is 2.43. The maximum atomic E-state index is 5.75. The Labute approximate surface area is 384 Å². The van der Waals surface area contributed by atoms with E-state index in [2.05, 4.69) is 181 Å². The number of nitrogens with zero attached hydrogens (tertiary/aromatic N) is 1. The van der Waals surface area contributed by atoms with E-state index < -0.39 is 0 Å². The van der Waals surface area contributed by atoms with E-state index in [1.807, 2.05) is 48.5 Å². The zero-order chi connectivity index (χ0) is 44.0. The van der Waals surface area contributed by atoms with Crippen molar-refractivity contribution in [2.75, 3.05) is 5.73 Å². The van der Waals surface area contributed by atoms with Gasteiger partial charge in [-0.05, 0) is 131 Å². The number of nitrogen functional groups attached to an aromatic ring is 1. The number of benzene rings is 7. The summed E-state index contributed by atoms with van der Waals surface area (Å²) in [5.74, 6) is 0.481. The van der Waals surface area contributed by atoms with Gasteiger partial charge >= 0.3 is 0 Å². The Bertz CT molecular complexity index is 3170. The lowest BCUT2D eigenvalue weighted by molar-refractivity contribution is 0.844. The van der Waals surface area contributed by atoms with Crippen LogP contribution in [0.4, 0.5) is 5.69 Å². The van der Waals surface area contributed by atoms with Crippen molar-refractivity contribution in [3.8, 4) is 16.8 Å². The fourth-order valence-corrected chi connectivity index (χ4v) is 10.0. The molecule has 0 bridgehead atoms. The molecule has 0 saturated carbocycles. The van der Waals surface area contributed by atoms with Gasteiger partial charge in [0.1, 0.15) is 0 Å². The van der Waals surface area contributed by atoms with E-state index in [0.717, 1.165) is 37.8 Å². The van der Waals surface area contributed by atoms with Crippen molar-refractivity contribution in [2.45, 2.75) is 57.8 Å². The molecule has 0 fully saturated rings. The molecule has 7 aromatic carbocycles. The van der Waals surface area contributed by atoms with Crippen LogP contribution in [0.1, 0.15) is 73.8 Å². The van der Waals surface area contributed by atoms with Crippen molar-refractivity contribution in [1.29, 1.82) is 0 Å². The normalized spacial score (nSPS) is 16.4. The van der Waals surface area contributed by atoms with Gasteiger partial charge in [-0.1, -0.05) is 200 Å². The number of aromatic nitrogens is 1. The second-order valence-corrected chi connectivity index (χ2v) is 17.6. The standard InChI is InChI=1S/C39H31N.C18H19N.C6H6/c1-26-9-8-10-30(25-26)29-19-17-27(18-20-29)28-21-23-31(24-22-28)40-37-16-7-6-15-36(37)38-34-13-4-2-11-32(34)33-12-3-5-14-35(33)39(38)40;19-18-11-9-15(10-12-18)17-8-4-7-16(13-17)14-5-2-1-3-6-14;1-2-4-6-5-3-1/h2-6,8-9,11-15,17-25,30H,7,10,16H2,1H3;2,5-6,8-13H,1,3-4,7,19H2;1-6H. The lowest BCUT2D eigenvalue weighted by atomic mass is 9.88. The van der Waals surface area contributed by atoms with E-state index >= 15 is 0 Å². The summed E-state index contributed by atoms with van der Waals surface area (Å²) in [6.07, 6.45) is 31.0. The number of nitrogens with two attached hydrogens (primary N) is 1. The molecule has 1 aromatic heterocycles. The first-order valence-corrected chi connectivity index (χ1v) is 23.4. The molecule has 12 rings (SSSR count). The quantitative estimate of drug-likeness (QED) is 0.136. The molecule has 4 aliphatic carbocycles. The molecule has 1 unspecified atom stereocenters. The number of anilines is 1. The molecule has 8 aromatic rings. The molecule has 0 spiro atoms. The fraction of sp³-hybridized carbons (Fsp3) is 0.143. The third-order valence-electron chi connectivity index (χ3n) is 13.2. The van der Waals surface area contributed by atoms with Crippen LogP contribution in [0.2, 0.25) is 0 Å². The topological polar surface area (TPSA) is 30.9 Å². The van der Waals surface area contributed by atoms with Gasteiger partial charge in [-0.3, -0.25) is 0 Å². The second kappa shape index (κ2) is 19.1. The monoisotopic (exact) mass is 840 g/mol. The number of allylic oxidation sites excluding steroid dienone is 13. The summed E-state index contributed by atoms with van der Waals surface area (Å²) in [4.78, 5) is 0. The van der Waals surface area contributed by atoms with E-state index in [1.54, 1.807) is 0 Å². The Morgan fingerprint density at radius 2 is 1.12 bits per heavy atom. The Hall–Kier alpha value is -7.42. The van der Waals surface area contributed by atoms with Gasteiger partial charge in [0.25, 0.3) is 0 Å². The van der Waals surface area contributed by atoms with Crippen LogP contribution in [-0.4, -0.2) is 4.57 Å².